The first-order valence-corrected chi connectivity index (χ1v) is 5.29. The van der Waals surface area contributed by atoms with E-state index < -0.39 is 23.4 Å². The Balaban J connectivity index is 2.33. The van der Waals surface area contributed by atoms with Crippen LogP contribution < -0.4 is 11.1 Å². The molecule has 2 rings (SSSR count). The number of nitrogens with zero attached hydrogens (tertiary/aromatic N) is 1. The first-order valence-electron chi connectivity index (χ1n) is 5.29. The molecular weight excluding hydrogens is 275 g/mol. The number of carbonyl (C=O) groups is 1. The Bertz CT molecular complexity index is 669. The second-order valence-corrected chi connectivity index (χ2v) is 3.85. The number of benzene rings is 1. The van der Waals surface area contributed by atoms with Crippen molar-refractivity contribution in [3.05, 3.63) is 47.4 Å². The van der Waals surface area contributed by atoms with Gasteiger partial charge in [0.25, 0.3) is 0 Å². The Morgan fingerprint density at radius 3 is 2.30 bits per heavy atom. The molecule has 0 aliphatic heterocycles. The maximum absolute atomic E-state index is 13.0. The minimum Gasteiger partial charge on any atom is -0.478 e. The van der Waals surface area contributed by atoms with Gasteiger partial charge in [0, 0.05) is 24.0 Å². The fraction of sp³-hybridized carbons (Fsp3) is 0. The largest absolute Gasteiger partial charge is 0.478 e. The molecule has 0 fully saturated rings. The lowest BCUT2D eigenvalue weighted by Gasteiger charge is -2.09. The molecule has 8 heteroatoms. The third kappa shape index (κ3) is 2.63. The van der Waals surface area contributed by atoms with Crippen LogP contribution in [0.25, 0.3) is 0 Å². The lowest BCUT2D eigenvalue weighted by molar-refractivity contribution is 0.0696. The van der Waals surface area contributed by atoms with Crippen molar-refractivity contribution in [2.75, 3.05) is 11.1 Å². The fourth-order valence-electron chi connectivity index (χ4n) is 1.47. The standard InChI is InChI=1S/C12H8F3N3O2/c13-7-2-6(3-8(14)10(7)15)18-11-9(16)1-5(4-17-11)12(19)20/h1-4H,16H2,(H,17,18)(H,19,20). The lowest BCUT2D eigenvalue weighted by atomic mass is 10.2. The number of hydrogen-bond donors (Lipinski definition) is 3. The van der Waals surface area contributed by atoms with E-state index in [1.165, 1.54) is 0 Å². The van der Waals surface area contributed by atoms with E-state index in [1.807, 2.05) is 0 Å². The number of aromatic nitrogens is 1. The number of anilines is 3. The second-order valence-electron chi connectivity index (χ2n) is 3.85. The van der Waals surface area contributed by atoms with Crippen LogP contribution in [-0.4, -0.2) is 16.1 Å². The summed E-state index contributed by atoms with van der Waals surface area (Å²) in [6.07, 6.45) is 1.03. The van der Waals surface area contributed by atoms with E-state index in [9.17, 15) is 18.0 Å². The summed E-state index contributed by atoms with van der Waals surface area (Å²) in [7, 11) is 0. The highest BCUT2D eigenvalue weighted by molar-refractivity contribution is 5.89. The Kier molecular flexibility index (Phi) is 3.47. The SMILES string of the molecule is Nc1cc(C(=O)O)cnc1Nc1cc(F)c(F)c(F)c1. The average molecular weight is 283 g/mol. The van der Waals surface area contributed by atoms with E-state index in [-0.39, 0.29) is 22.8 Å². The summed E-state index contributed by atoms with van der Waals surface area (Å²) >= 11 is 0. The monoisotopic (exact) mass is 283 g/mol. The molecule has 0 bridgehead atoms. The Morgan fingerprint density at radius 1 is 1.20 bits per heavy atom. The molecule has 0 saturated carbocycles. The Morgan fingerprint density at radius 2 is 1.80 bits per heavy atom. The number of aromatic carboxylic acids is 1. The van der Waals surface area contributed by atoms with Gasteiger partial charge in [0.15, 0.2) is 23.3 Å². The number of pyridine rings is 1. The van der Waals surface area contributed by atoms with Gasteiger partial charge in [-0.2, -0.15) is 0 Å². The summed E-state index contributed by atoms with van der Waals surface area (Å²) in [6.45, 7) is 0. The van der Waals surface area contributed by atoms with E-state index in [0.717, 1.165) is 24.4 Å². The molecule has 0 atom stereocenters. The number of nitrogens with one attached hydrogen (secondary N) is 1. The minimum atomic E-state index is -1.59. The molecule has 0 saturated heterocycles. The molecule has 0 unspecified atom stereocenters. The van der Waals surface area contributed by atoms with Crippen molar-refractivity contribution in [1.29, 1.82) is 0 Å². The summed E-state index contributed by atoms with van der Waals surface area (Å²) in [5.74, 6) is -5.53. The zero-order valence-corrected chi connectivity index (χ0v) is 9.82. The van der Waals surface area contributed by atoms with Gasteiger partial charge >= 0.3 is 5.97 Å². The van der Waals surface area contributed by atoms with Crippen molar-refractivity contribution < 1.29 is 23.1 Å². The zero-order valence-electron chi connectivity index (χ0n) is 9.82. The summed E-state index contributed by atoms with van der Waals surface area (Å²) in [4.78, 5) is 14.4. The van der Waals surface area contributed by atoms with Crippen molar-refractivity contribution in [1.82, 2.24) is 4.98 Å². The quantitative estimate of drug-likeness (QED) is 0.753. The normalized spacial score (nSPS) is 10.3. The number of halogens is 3. The van der Waals surface area contributed by atoms with E-state index in [0.29, 0.717) is 0 Å². The molecule has 2 aromatic rings. The van der Waals surface area contributed by atoms with Crippen LogP contribution in [0.4, 0.5) is 30.4 Å². The molecular formula is C12H8F3N3O2. The van der Waals surface area contributed by atoms with Gasteiger partial charge in [-0.3, -0.25) is 0 Å². The van der Waals surface area contributed by atoms with Crippen LogP contribution in [0.3, 0.4) is 0 Å². The minimum absolute atomic E-state index is 0.000378. The number of rotatable bonds is 3. The van der Waals surface area contributed by atoms with Crippen LogP contribution in [0.1, 0.15) is 10.4 Å². The molecule has 1 aromatic carbocycles. The molecule has 0 spiro atoms. The predicted molar refractivity (Wildman–Crippen MR) is 65.2 cm³/mol. The van der Waals surface area contributed by atoms with E-state index in [1.54, 1.807) is 0 Å². The van der Waals surface area contributed by atoms with Gasteiger partial charge in [-0.05, 0) is 6.07 Å². The highest BCUT2D eigenvalue weighted by Crippen LogP contribution is 2.24. The van der Waals surface area contributed by atoms with Gasteiger partial charge in [-0.25, -0.2) is 22.9 Å². The smallest absolute Gasteiger partial charge is 0.337 e. The Labute approximate surface area is 110 Å². The summed E-state index contributed by atoms with van der Waals surface area (Å²) in [5.41, 5.74) is 5.29. The molecule has 0 amide bonds. The summed E-state index contributed by atoms with van der Waals surface area (Å²) in [5, 5.41) is 11.2. The van der Waals surface area contributed by atoms with Gasteiger partial charge < -0.3 is 16.2 Å². The van der Waals surface area contributed by atoms with Crippen LogP contribution >= 0.6 is 0 Å². The van der Waals surface area contributed by atoms with E-state index in [4.69, 9.17) is 10.8 Å². The average Bonchev–Trinajstić information content (AvgIpc) is 2.38. The number of carboxylic acid groups (broad SMARTS) is 1. The van der Waals surface area contributed by atoms with Crippen molar-refractivity contribution in [3.63, 3.8) is 0 Å². The highest BCUT2D eigenvalue weighted by Gasteiger charge is 2.12. The van der Waals surface area contributed by atoms with Gasteiger partial charge in [0.2, 0.25) is 0 Å². The van der Waals surface area contributed by atoms with Gasteiger partial charge in [-0.1, -0.05) is 0 Å². The topological polar surface area (TPSA) is 88.2 Å². The van der Waals surface area contributed by atoms with Crippen molar-refractivity contribution in [2.24, 2.45) is 0 Å². The second kappa shape index (κ2) is 5.08. The summed E-state index contributed by atoms with van der Waals surface area (Å²) < 4.78 is 38.8. The van der Waals surface area contributed by atoms with Crippen LogP contribution in [-0.2, 0) is 0 Å². The van der Waals surface area contributed by atoms with Crippen molar-refractivity contribution in [2.45, 2.75) is 0 Å². The molecule has 1 aromatic heterocycles. The lowest BCUT2D eigenvalue weighted by Crippen LogP contribution is -2.04. The van der Waals surface area contributed by atoms with Gasteiger partial charge in [-0.15, -0.1) is 0 Å². The van der Waals surface area contributed by atoms with Crippen LogP contribution in [0.15, 0.2) is 24.4 Å². The number of carboxylic acids is 1. The fourth-order valence-corrected chi connectivity index (χ4v) is 1.47. The van der Waals surface area contributed by atoms with Crippen LogP contribution in [0.5, 0.6) is 0 Å². The maximum Gasteiger partial charge on any atom is 0.337 e. The van der Waals surface area contributed by atoms with E-state index in [2.05, 4.69) is 10.3 Å². The molecule has 1 heterocycles. The number of nitrogen functional groups attached to an aromatic ring is 1. The van der Waals surface area contributed by atoms with Crippen molar-refractivity contribution >= 4 is 23.2 Å². The van der Waals surface area contributed by atoms with Crippen LogP contribution in [0.2, 0.25) is 0 Å². The molecule has 20 heavy (non-hydrogen) atoms. The van der Waals surface area contributed by atoms with Gasteiger partial charge in [0.1, 0.15) is 0 Å². The highest BCUT2D eigenvalue weighted by atomic mass is 19.2. The molecule has 104 valence electrons. The summed E-state index contributed by atoms with van der Waals surface area (Å²) in [6, 6.07) is 2.59. The molecule has 0 radical (unpaired) electrons. The third-order valence-electron chi connectivity index (χ3n) is 2.41. The molecule has 4 N–H and O–H groups in total. The zero-order chi connectivity index (χ0) is 14.9. The molecule has 0 aliphatic rings. The first-order chi connectivity index (χ1) is 9.38. The third-order valence-corrected chi connectivity index (χ3v) is 2.41. The predicted octanol–water partition coefficient (Wildman–Crippen LogP) is 2.52. The van der Waals surface area contributed by atoms with Crippen LogP contribution in [0, 0.1) is 17.5 Å². The Hall–Kier alpha value is -2.77. The maximum atomic E-state index is 13.0. The number of hydrogen-bond acceptors (Lipinski definition) is 4. The first kappa shape index (κ1) is 13.7. The molecule has 0 aliphatic carbocycles. The molecule has 5 nitrogen and oxygen atoms in total. The van der Waals surface area contributed by atoms with Crippen molar-refractivity contribution in [3.8, 4) is 0 Å². The number of nitrogens with two attached hydrogens (primary N) is 1. The van der Waals surface area contributed by atoms with Gasteiger partial charge in [0.05, 0.1) is 11.3 Å². The van der Waals surface area contributed by atoms with E-state index >= 15 is 0 Å².